The molecule has 0 saturated heterocycles. The molecule has 3 rings (SSSR count). The van der Waals surface area contributed by atoms with Crippen LogP contribution in [0.2, 0.25) is 0 Å². The van der Waals surface area contributed by atoms with Crippen molar-refractivity contribution >= 4 is 23.7 Å². The third-order valence-electron chi connectivity index (χ3n) is 4.62. The highest BCUT2D eigenvalue weighted by Crippen LogP contribution is 2.44. The van der Waals surface area contributed by atoms with Crippen molar-refractivity contribution in [1.29, 1.82) is 0 Å². The monoisotopic (exact) mass is 458 g/mol. The van der Waals surface area contributed by atoms with Crippen LogP contribution in [0.1, 0.15) is 42.8 Å². The first-order valence-electron chi connectivity index (χ1n) is 9.79. The molecule has 0 spiro atoms. The third kappa shape index (κ3) is 5.05. The maximum Gasteiger partial charge on any atom is 0.308 e. The molecule has 33 heavy (non-hydrogen) atoms. The van der Waals surface area contributed by atoms with Gasteiger partial charge in [-0.15, -0.1) is 0 Å². The van der Waals surface area contributed by atoms with Crippen molar-refractivity contribution in [3.63, 3.8) is 0 Å². The van der Waals surface area contributed by atoms with E-state index in [1.54, 1.807) is 6.07 Å². The van der Waals surface area contributed by atoms with Gasteiger partial charge in [-0.05, 0) is 12.1 Å². The van der Waals surface area contributed by atoms with Gasteiger partial charge in [-0.25, -0.2) is 0 Å². The summed E-state index contributed by atoms with van der Waals surface area (Å²) in [6.07, 6.45) is -2.46. The molecule has 0 amide bonds. The van der Waals surface area contributed by atoms with Crippen molar-refractivity contribution in [3.8, 4) is 28.7 Å². The zero-order valence-electron chi connectivity index (χ0n) is 18.6. The Morgan fingerprint density at radius 2 is 1.48 bits per heavy atom. The van der Waals surface area contributed by atoms with Gasteiger partial charge in [-0.3, -0.25) is 19.2 Å². The minimum atomic E-state index is -1.36. The Morgan fingerprint density at radius 1 is 0.818 bits per heavy atom. The van der Waals surface area contributed by atoms with Crippen molar-refractivity contribution in [2.45, 2.75) is 33.0 Å². The van der Waals surface area contributed by atoms with Gasteiger partial charge in [0.1, 0.15) is 22.8 Å². The second-order valence-corrected chi connectivity index (χ2v) is 7.03. The number of benzene rings is 2. The Hall–Kier alpha value is -4.08. The molecular formula is C23H22O10. The maximum atomic E-state index is 13.4. The van der Waals surface area contributed by atoms with E-state index in [-0.39, 0.29) is 34.3 Å². The second-order valence-electron chi connectivity index (χ2n) is 7.03. The number of esters is 3. The number of ether oxygens (including phenoxy) is 6. The van der Waals surface area contributed by atoms with Crippen molar-refractivity contribution < 1.29 is 47.6 Å². The van der Waals surface area contributed by atoms with Crippen molar-refractivity contribution in [2.75, 3.05) is 14.2 Å². The number of carbonyl (C=O) groups is 4. The van der Waals surface area contributed by atoms with Crippen LogP contribution < -0.4 is 23.7 Å². The molecule has 0 radical (unpaired) electrons. The molecule has 174 valence electrons. The van der Waals surface area contributed by atoms with Crippen LogP contribution >= 0.6 is 0 Å². The van der Waals surface area contributed by atoms with E-state index in [4.69, 9.17) is 28.4 Å². The summed E-state index contributed by atoms with van der Waals surface area (Å²) in [4.78, 5) is 48.1. The van der Waals surface area contributed by atoms with Gasteiger partial charge in [-0.1, -0.05) is 6.07 Å². The first-order chi connectivity index (χ1) is 15.6. The number of ketones is 1. The lowest BCUT2D eigenvalue weighted by Crippen LogP contribution is -2.39. The summed E-state index contributed by atoms with van der Waals surface area (Å²) in [5, 5.41) is 0. The lowest BCUT2D eigenvalue weighted by Gasteiger charge is -2.33. The summed E-state index contributed by atoms with van der Waals surface area (Å²) in [7, 11) is 2.74. The van der Waals surface area contributed by atoms with Crippen LogP contribution in [0.4, 0.5) is 0 Å². The van der Waals surface area contributed by atoms with E-state index in [0.717, 1.165) is 0 Å². The third-order valence-corrected chi connectivity index (χ3v) is 4.62. The van der Waals surface area contributed by atoms with Crippen molar-refractivity contribution in [1.82, 2.24) is 0 Å². The lowest BCUT2D eigenvalue weighted by atomic mass is 9.92. The molecule has 0 bridgehead atoms. The van der Waals surface area contributed by atoms with Gasteiger partial charge < -0.3 is 28.4 Å². The Morgan fingerprint density at radius 3 is 2.06 bits per heavy atom. The van der Waals surface area contributed by atoms with E-state index >= 15 is 0 Å². The first kappa shape index (κ1) is 23.6. The van der Waals surface area contributed by atoms with Crippen LogP contribution in [0, 0.1) is 0 Å². The largest absolute Gasteiger partial charge is 0.496 e. The fourth-order valence-corrected chi connectivity index (χ4v) is 3.41. The summed E-state index contributed by atoms with van der Waals surface area (Å²) in [6.45, 7) is 3.62. The molecule has 2 atom stereocenters. The number of hydrogen-bond donors (Lipinski definition) is 0. The van der Waals surface area contributed by atoms with Crippen LogP contribution in [0.25, 0.3) is 0 Å². The molecule has 10 nitrogen and oxygen atoms in total. The summed E-state index contributed by atoms with van der Waals surface area (Å²) in [6, 6.07) is 7.28. The zero-order valence-corrected chi connectivity index (χ0v) is 18.6. The number of methoxy groups -OCH3 is 2. The Balaban J connectivity index is 2.14. The Bertz CT molecular complexity index is 1120. The van der Waals surface area contributed by atoms with Gasteiger partial charge in [-0.2, -0.15) is 0 Å². The van der Waals surface area contributed by atoms with Crippen molar-refractivity contribution in [2.24, 2.45) is 0 Å². The maximum absolute atomic E-state index is 13.4. The summed E-state index contributed by atoms with van der Waals surface area (Å²) in [5.74, 6) is -1.81. The van der Waals surface area contributed by atoms with Gasteiger partial charge in [0.2, 0.25) is 11.9 Å². The topological polar surface area (TPSA) is 124 Å². The van der Waals surface area contributed by atoms with E-state index in [9.17, 15) is 19.2 Å². The number of Topliss-reactive ketones (excluding diaryl/α,β-unsaturated/α-hetero) is 1. The Kier molecular flexibility index (Phi) is 6.86. The summed E-state index contributed by atoms with van der Waals surface area (Å²) in [5.41, 5.74) is 0.402. The highest BCUT2D eigenvalue weighted by molar-refractivity contribution is 6.06. The van der Waals surface area contributed by atoms with Crippen molar-refractivity contribution in [3.05, 3.63) is 41.5 Å². The predicted octanol–water partition coefficient (Wildman–Crippen LogP) is 2.80. The van der Waals surface area contributed by atoms with Crippen LogP contribution in [0.15, 0.2) is 30.3 Å². The normalized spacial score (nSPS) is 16.7. The molecule has 0 aromatic heterocycles. The van der Waals surface area contributed by atoms with E-state index in [1.807, 2.05) is 0 Å². The molecule has 0 aliphatic carbocycles. The molecule has 1 aliphatic heterocycles. The number of rotatable bonds is 6. The number of carbonyl (C=O) groups excluding carboxylic acids is 4. The fourth-order valence-electron chi connectivity index (χ4n) is 3.41. The molecule has 0 unspecified atom stereocenters. The molecule has 2 aromatic rings. The highest BCUT2D eigenvalue weighted by atomic mass is 16.6. The van der Waals surface area contributed by atoms with Gasteiger partial charge in [0, 0.05) is 38.5 Å². The van der Waals surface area contributed by atoms with Gasteiger partial charge >= 0.3 is 17.9 Å². The minimum Gasteiger partial charge on any atom is -0.496 e. The van der Waals surface area contributed by atoms with E-state index < -0.39 is 35.9 Å². The van der Waals surface area contributed by atoms with Crippen LogP contribution in [-0.2, 0) is 19.1 Å². The molecular weight excluding hydrogens is 436 g/mol. The quantitative estimate of drug-likeness (QED) is 0.471. The zero-order chi connectivity index (χ0) is 24.3. The number of fused-ring (bicyclic) bond motifs is 1. The van der Waals surface area contributed by atoms with Gasteiger partial charge in [0.25, 0.3) is 0 Å². The molecule has 1 heterocycles. The molecule has 10 heteroatoms. The highest BCUT2D eigenvalue weighted by Gasteiger charge is 2.43. The number of hydrogen-bond acceptors (Lipinski definition) is 10. The SMILES string of the molecule is COc1ccc([C@@H]2Oc3cc(OC(C)=O)cc(OC)c3C(=O)[C@H]2OC(C)=O)cc1OC(C)=O. The van der Waals surface area contributed by atoms with E-state index in [0.29, 0.717) is 5.56 Å². The Labute approximate surface area is 189 Å². The molecule has 0 N–H and O–H groups in total. The van der Waals surface area contributed by atoms with Crippen LogP contribution in [0.3, 0.4) is 0 Å². The van der Waals surface area contributed by atoms with Crippen LogP contribution in [0.5, 0.6) is 28.7 Å². The van der Waals surface area contributed by atoms with Crippen LogP contribution in [-0.4, -0.2) is 44.0 Å². The molecule has 2 aromatic carbocycles. The predicted molar refractivity (Wildman–Crippen MR) is 112 cm³/mol. The molecule has 1 aliphatic rings. The second kappa shape index (κ2) is 9.60. The minimum absolute atomic E-state index is 0.0321. The summed E-state index contributed by atoms with van der Waals surface area (Å²) < 4.78 is 32.2. The standard InChI is InChI=1S/C23H22O10/c1-11(24)30-15-9-18(29-5)20-19(10-15)33-22(23(21(20)27)32-13(3)26)14-6-7-16(28-4)17(8-14)31-12(2)25/h6-10,22-23H,1-5H3/t22-,23+/m0/s1. The smallest absolute Gasteiger partial charge is 0.308 e. The molecule has 0 fully saturated rings. The van der Waals surface area contributed by atoms with E-state index in [2.05, 4.69) is 0 Å². The average Bonchev–Trinajstić information content (AvgIpc) is 2.73. The lowest BCUT2D eigenvalue weighted by molar-refractivity contribution is -0.149. The molecule has 0 saturated carbocycles. The summed E-state index contributed by atoms with van der Waals surface area (Å²) >= 11 is 0. The van der Waals surface area contributed by atoms with E-state index in [1.165, 1.54) is 59.3 Å². The van der Waals surface area contributed by atoms with Gasteiger partial charge in [0.15, 0.2) is 17.6 Å². The first-order valence-corrected chi connectivity index (χ1v) is 9.79. The fraction of sp³-hybridized carbons (Fsp3) is 0.304. The average molecular weight is 458 g/mol. The van der Waals surface area contributed by atoms with Gasteiger partial charge in [0.05, 0.1) is 14.2 Å².